The number of aliphatic carboxylic acids is 1. The molecule has 1 aromatic rings. The van der Waals surface area contributed by atoms with E-state index in [2.05, 4.69) is 0 Å². The van der Waals surface area contributed by atoms with Crippen molar-refractivity contribution in [2.75, 3.05) is 0 Å². The number of hydrogen-bond donors (Lipinski definition) is 2. The topological polar surface area (TPSA) is 57.5 Å². The standard InChI is InChI=1S/C8H10O3S/c1-5-2-7(12-4-5)6(9)3-8(10)11/h2,4,6,9H,3H2,1H3,(H,10,11)/t6-/m1/s1. The molecule has 0 aliphatic carbocycles. The Balaban J connectivity index is 2.64. The maximum absolute atomic E-state index is 10.2. The lowest BCUT2D eigenvalue weighted by molar-refractivity contribution is -0.139. The summed E-state index contributed by atoms with van der Waals surface area (Å²) >= 11 is 1.39. The van der Waals surface area contributed by atoms with Gasteiger partial charge in [-0.25, -0.2) is 0 Å². The van der Waals surface area contributed by atoms with E-state index in [1.54, 1.807) is 6.07 Å². The molecule has 1 aromatic heterocycles. The van der Waals surface area contributed by atoms with Crippen molar-refractivity contribution in [3.63, 3.8) is 0 Å². The smallest absolute Gasteiger partial charge is 0.306 e. The van der Waals surface area contributed by atoms with Crippen LogP contribution in [0.2, 0.25) is 0 Å². The molecule has 0 fully saturated rings. The van der Waals surface area contributed by atoms with Crippen molar-refractivity contribution in [2.45, 2.75) is 19.4 Å². The Morgan fingerprint density at radius 3 is 2.83 bits per heavy atom. The Labute approximate surface area is 74.3 Å². The van der Waals surface area contributed by atoms with Gasteiger partial charge >= 0.3 is 5.97 Å². The van der Waals surface area contributed by atoms with E-state index in [0.29, 0.717) is 0 Å². The van der Waals surface area contributed by atoms with E-state index in [0.717, 1.165) is 10.4 Å². The maximum Gasteiger partial charge on any atom is 0.306 e. The fraction of sp³-hybridized carbons (Fsp3) is 0.375. The molecule has 0 unspecified atom stereocenters. The molecule has 12 heavy (non-hydrogen) atoms. The molecule has 3 nitrogen and oxygen atoms in total. The second-order valence-electron chi connectivity index (χ2n) is 2.64. The number of aliphatic hydroxyl groups is 1. The van der Waals surface area contributed by atoms with Gasteiger partial charge in [0.2, 0.25) is 0 Å². The minimum Gasteiger partial charge on any atom is -0.481 e. The van der Waals surface area contributed by atoms with Gasteiger partial charge in [-0.15, -0.1) is 11.3 Å². The van der Waals surface area contributed by atoms with Crippen molar-refractivity contribution in [1.82, 2.24) is 0 Å². The molecule has 2 N–H and O–H groups in total. The minimum atomic E-state index is -0.978. The zero-order valence-electron chi connectivity index (χ0n) is 6.65. The third kappa shape index (κ3) is 2.32. The second kappa shape index (κ2) is 3.69. The van der Waals surface area contributed by atoms with Crippen LogP contribution in [0.4, 0.5) is 0 Å². The van der Waals surface area contributed by atoms with Crippen molar-refractivity contribution in [2.24, 2.45) is 0 Å². The summed E-state index contributed by atoms with van der Waals surface area (Å²) in [5, 5.41) is 19.6. The van der Waals surface area contributed by atoms with Crippen LogP contribution in [0.25, 0.3) is 0 Å². The van der Waals surface area contributed by atoms with Gasteiger partial charge in [0, 0.05) is 4.88 Å². The van der Waals surface area contributed by atoms with Gasteiger partial charge in [0.1, 0.15) is 0 Å². The van der Waals surface area contributed by atoms with Crippen LogP contribution in [0.3, 0.4) is 0 Å². The molecule has 0 radical (unpaired) electrons. The molecule has 0 amide bonds. The first kappa shape index (κ1) is 9.22. The van der Waals surface area contributed by atoms with E-state index in [9.17, 15) is 9.90 Å². The molecule has 0 aromatic carbocycles. The first-order valence-electron chi connectivity index (χ1n) is 3.54. The zero-order valence-corrected chi connectivity index (χ0v) is 7.47. The largest absolute Gasteiger partial charge is 0.481 e. The number of rotatable bonds is 3. The summed E-state index contributed by atoms with van der Waals surface area (Å²) in [6.45, 7) is 1.91. The first-order chi connectivity index (χ1) is 5.59. The van der Waals surface area contributed by atoms with E-state index in [1.807, 2.05) is 12.3 Å². The van der Waals surface area contributed by atoms with Crippen LogP contribution in [0, 0.1) is 6.92 Å². The van der Waals surface area contributed by atoms with Crippen LogP contribution < -0.4 is 0 Å². The van der Waals surface area contributed by atoms with Crippen molar-refractivity contribution in [1.29, 1.82) is 0 Å². The summed E-state index contributed by atoms with van der Waals surface area (Å²) in [4.78, 5) is 11.0. The molecule has 0 spiro atoms. The van der Waals surface area contributed by atoms with Gasteiger partial charge in [0.05, 0.1) is 12.5 Å². The van der Waals surface area contributed by atoms with Gasteiger partial charge in [0.25, 0.3) is 0 Å². The zero-order chi connectivity index (χ0) is 9.14. The fourth-order valence-corrected chi connectivity index (χ4v) is 1.78. The number of aliphatic hydroxyl groups excluding tert-OH is 1. The SMILES string of the molecule is Cc1csc([C@H](O)CC(=O)O)c1. The van der Waals surface area contributed by atoms with Gasteiger partial charge in [-0.1, -0.05) is 0 Å². The highest BCUT2D eigenvalue weighted by Gasteiger charge is 2.13. The molecule has 1 atom stereocenters. The van der Waals surface area contributed by atoms with E-state index < -0.39 is 12.1 Å². The predicted molar refractivity (Wildman–Crippen MR) is 46.3 cm³/mol. The molecule has 4 heteroatoms. The first-order valence-corrected chi connectivity index (χ1v) is 4.42. The molecule has 0 aliphatic heterocycles. The third-order valence-electron chi connectivity index (χ3n) is 1.45. The highest BCUT2D eigenvalue weighted by molar-refractivity contribution is 7.10. The van der Waals surface area contributed by atoms with E-state index in [1.165, 1.54) is 11.3 Å². The van der Waals surface area contributed by atoms with Crippen molar-refractivity contribution in [3.05, 3.63) is 21.9 Å². The average Bonchev–Trinajstić information content (AvgIpc) is 2.34. The highest BCUT2D eigenvalue weighted by Crippen LogP contribution is 2.23. The number of carbonyl (C=O) groups is 1. The lowest BCUT2D eigenvalue weighted by Crippen LogP contribution is -2.03. The molecular weight excluding hydrogens is 176 g/mol. The van der Waals surface area contributed by atoms with Crippen molar-refractivity contribution >= 4 is 17.3 Å². The molecule has 1 heterocycles. The lowest BCUT2D eigenvalue weighted by atomic mass is 10.2. The Bertz CT molecular complexity index is 280. The Morgan fingerprint density at radius 1 is 1.75 bits per heavy atom. The second-order valence-corrected chi connectivity index (χ2v) is 3.58. The average molecular weight is 186 g/mol. The van der Waals surface area contributed by atoms with Crippen LogP contribution in [-0.4, -0.2) is 16.2 Å². The van der Waals surface area contributed by atoms with Gasteiger partial charge in [-0.2, -0.15) is 0 Å². The summed E-state index contributed by atoms with van der Waals surface area (Å²) in [6.07, 6.45) is -1.08. The molecule has 0 saturated carbocycles. The molecule has 0 saturated heterocycles. The van der Waals surface area contributed by atoms with E-state index in [4.69, 9.17) is 5.11 Å². The Hall–Kier alpha value is -0.870. The predicted octanol–water partition coefficient (Wildman–Crippen LogP) is 1.56. The lowest BCUT2D eigenvalue weighted by Gasteiger charge is -2.02. The van der Waals surface area contributed by atoms with E-state index in [-0.39, 0.29) is 6.42 Å². The van der Waals surface area contributed by atoms with Crippen LogP contribution in [0.5, 0.6) is 0 Å². The van der Waals surface area contributed by atoms with Crippen molar-refractivity contribution in [3.8, 4) is 0 Å². The summed E-state index contributed by atoms with van der Waals surface area (Å²) in [5.74, 6) is -0.978. The molecule has 0 aliphatic rings. The van der Waals surface area contributed by atoms with E-state index >= 15 is 0 Å². The van der Waals surface area contributed by atoms with Crippen LogP contribution >= 0.6 is 11.3 Å². The van der Waals surface area contributed by atoms with Crippen LogP contribution in [0.1, 0.15) is 23.0 Å². The number of carboxylic acid groups (broad SMARTS) is 1. The number of thiophene rings is 1. The summed E-state index contributed by atoms with van der Waals surface area (Å²) in [5.41, 5.74) is 1.06. The highest BCUT2D eigenvalue weighted by atomic mass is 32.1. The Kier molecular flexibility index (Phi) is 2.83. The number of aryl methyl sites for hydroxylation is 1. The number of carboxylic acids is 1. The van der Waals surface area contributed by atoms with Gasteiger partial charge in [0.15, 0.2) is 0 Å². The van der Waals surface area contributed by atoms with Gasteiger partial charge < -0.3 is 10.2 Å². The third-order valence-corrected chi connectivity index (χ3v) is 2.60. The summed E-state index contributed by atoms with van der Waals surface area (Å²) in [6, 6.07) is 1.80. The molecule has 1 rings (SSSR count). The summed E-state index contributed by atoms with van der Waals surface area (Å²) < 4.78 is 0. The maximum atomic E-state index is 10.2. The van der Waals surface area contributed by atoms with Crippen LogP contribution in [-0.2, 0) is 4.79 Å². The summed E-state index contributed by atoms with van der Waals surface area (Å²) in [7, 11) is 0. The fourth-order valence-electron chi connectivity index (χ4n) is 0.894. The number of hydrogen-bond acceptors (Lipinski definition) is 3. The molecular formula is C8H10O3S. The van der Waals surface area contributed by atoms with Gasteiger partial charge in [-0.05, 0) is 23.9 Å². The van der Waals surface area contributed by atoms with Gasteiger partial charge in [-0.3, -0.25) is 4.79 Å². The quantitative estimate of drug-likeness (QED) is 0.753. The normalized spacial score (nSPS) is 12.8. The van der Waals surface area contributed by atoms with Crippen molar-refractivity contribution < 1.29 is 15.0 Å². The molecule has 66 valence electrons. The Morgan fingerprint density at radius 2 is 2.42 bits per heavy atom. The minimum absolute atomic E-state index is 0.222. The monoisotopic (exact) mass is 186 g/mol. The van der Waals surface area contributed by atoms with Crippen LogP contribution in [0.15, 0.2) is 11.4 Å². The molecule has 0 bridgehead atoms.